The molecule has 0 atom stereocenters. The predicted octanol–water partition coefficient (Wildman–Crippen LogP) is 0.638. The molecule has 0 rings (SSSR count). The summed E-state index contributed by atoms with van der Waals surface area (Å²) < 4.78 is 4.12. The first-order chi connectivity index (χ1) is 5.48. The first-order valence-corrected chi connectivity index (χ1v) is 3.37. The zero-order chi connectivity index (χ0) is 9.61. The molecule has 0 heterocycles. The van der Waals surface area contributed by atoms with Crippen LogP contribution in [0.2, 0.25) is 0 Å². The van der Waals surface area contributed by atoms with Crippen LogP contribution in [0.15, 0.2) is 0 Å². The van der Waals surface area contributed by atoms with Crippen LogP contribution < -0.4 is 0 Å². The lowest BCUT2D eigenvalue weighted by molar-refractivity contribution is -0.308. The number of ether oxygens (including phenoxy) is 1. The molecule has 0 aliphatic carbocycles. The molecule has 0 amide bonds. The SMILES string of the molecule is CC(C)(C)C(=O)OOCOC=O. The minimum absolute atomic E-state index is 0.199. The van der Waals surface area contributed by atoms with Gasteiger partial charge in [0.15, 0.2) is 0 Å². The van der Waals surface area contributed by atoms with Crippen LogP contribution in [0.4, 0.5) is 0 Å². The van der Waals surface area contributed by atoms with E-state index in [1.54, 1.807) is 20.8 Å². The lowest BCUT2D eigenvalue weighted by Gasteiger charge is -2.14. The lowest BCUT2D eigenvalue weighted by Crippen LogP contribution is -2.23. The fourth-order valence-electron chi connectivity index (χ4n) is 0.258. The van der Waals surface area contributed by atoms with Crippen LogP contribution in [0.3, 0.4) is 0 Å². The second-order valence-electron chi connectivity index (χ2n) is 3.12. The fraction of sp³-hybridized carbons (Fsp3) is 0.714. The summed E-state index contributed by atoms with van der Waals surface area (Å²) in [7, 11) is 0. The van der Waals surface area contributed by atoms with Gasteiger partial charge in [-0.2, -0.15) is 0 Å². The van der Waals surface area contributed by atoms with E-state index in [1.807, 2.05) is 0 Å². The average molecular weight is 176 g/mol. The van der Waals surface area contributed by atoms with Gasteiger partial charge in [-0.25, -0.2) is 4.79 Å². The van der Waals surface area contributed by atoms with Gasteiger partial charge >= 0.3 is 5.97 Å². The van der Waals surface area contributed by atoms with Gasteiger partial charge in [0.1, 0.15) is 0 Å². The molecule has 0 spiro atoms. The Morgan fingerprint density at radius 2 is 2.00 bits per heavy atom. The first kappa shape index (κ1) is 10.9. The van der Waals surface area contributed by atoms with Crippen molar-refractivity contribution in [2.45, 2.75) is 20.8 Å². The van der Waals surface area contributed by atoms with Gasteiger partial charge in [0, 0.05) is 0 Å². The van der Waals surface area contributed by atoms with E-state index in [2.05, 4.69) is 14.5 Å². The highest BCUT2D eigenvalue weighted by atomic mass is 17.2. The van der Waals surface area contributed by atoms with Crippen molar-refractivity contribution in [3.8, 4) is 0 Å². The van der Waals surface area contributed by atoms with Crippen LogP contribution in [0.25, 0.3) is 0 Å². The zero-order valence-electron chi connectivity index (χ0n) is 7.33. The Hall–Kier alpha value is -1.10. The molecule has 5 heteroatoms. The highest BCUT2D eigenvalue weighted by molar-refractivity contribution is 5.74. The smallest absolute Gasteiger partial charge is 0.347 e. The summed E-state index contributed by atoms with van der Waals surface area (Å²) in [5.74, 6) is -0.517. The van der Waals surface area contributed by atoms with Crippen molar-refractivity contribution >= 4 is 12.4 Å². The molecule has 0 saturated heterocycles. The minimum Gasteiger partial charge on any atom is -0.437 e. The molecular weight excluding hydrogens is 164 g/mol. The number of hydrogen-bond acceptors (Lipinski definition) is 5. The summed E-state index contributed by atoms with van der Waals surface area (Å²) in [5.41, 5.74) is -0.624. The number of hydrogen-bond donors (Lipinski definition) is 0. The molecule has 12 heavy (non-hydrogen) atoms. The Balaban J connectivity index is 3.51. The van der Waals surface area contributed by atoms with Crippen molar-refractivity contribution in [1.29, 1.82) is 0 Å². The molecule has 0 bridgehead atoms. The number of carbonyl (C=O) groups excluding carboxylic acids is 2. The Bertz CT molecular complexity index is 158. The summed E-state index contributed by atoms with van der Waals surface area (Å²) in [4.78, 5) is 29.1. The van der Waals surface area contributed by atoms with E-state index in [-0.39, 0.29) is 13.3 Å². The molecule has 0 aliphatic heterocycles. The van der Waals surface area contributed by atoms with E-state index in [1.165, 1.54) is 0 Å². The Labute approximate surface area is 70.5 Å². The predicted molar refractivity (Wildman–Crippen MR) is 38.6 cm³/mol. The van der Waals surface area contributed by atoms with Crippen molar-refractivity contribution in [1.82, 2.24) is 0 Å². The monoisotopic (exact) mass is 176 g/mol. The van der Waals surface area contributed by atoms with Gasteiger partial charge < -0.3 is 4.74 Å². The molecular formula is C7H12O5. The maximum atomic E-state index is 10.9. The lowest BCUT2D eigenvalue weighted by atomic mass is 9.98. The fourth-order valence-corrected chi connectivity index (χ4v) is 0.258. The Morgan fingerprint density at radius 3 is 2.42 bits per heavy atom. The topological polar surface area (TPSA) is 61.8 Å². The molecule has 0 aromatic carbocycles. The average Bonchev–Trinajstić information content (AvgIpc) is 1.96. The summed E-state index contributed by atoms with van der Waals surface area (Å²) in [6.07, 6.45) is 0. The van der Waals surface area contributed by atoms with Gasteiger partial charge in [-0.05, 0) is 20.8 Å². The number of rotatable bonds is 4. The van der Waals surface area contributed by atoms with Crippen molar-refractivity contribution < 1.29 is 24.1 Å². The molecule has 0 unspecified atom stereocenters. The molecule has 0 radical (unpaired) electrons. The van der Waals surface area contributed by atoms with Crippen molar-refractivity contribution in [3.63, 3.8) is 0 Å². The van der Waals surface area contributed by atoms with Crippen LogP contribution in [0, 0.1) is 5.41 Å². The first-order valence-electron chi connectivity index (χ1n) is 3.37. The van der Waals surface area contributed by atoms with Crippen molar-refractivity contribution in [2.24, 2.45) is 5.41 Å². The quantitative estimate of drug-likeness (QED) is 0.207. The van der Waals surface area contributed by atoms with Crippen molar-refractivity contribution in [3.05, 3.63) is 0 Å². The van der Waals surface area contributed by atoms with E-state index in [4.69, 9.17) is 0 Å². The second kappa shape index (κ2) is 4.71. The third-order valence-corrected chi connectivity index (χ3v) is 0.931. The largest absolute Gasteiger partial charge is 0.437 e. The molecule has 0 aliphatic rings. The Kier molecular flexibility index (Phi) is 4.28. The molecule has 0 N–H and O–H groups in total. The standard InChI is InChI=1S/C7H12O5/c1-7(2,3)6(9)12-11-5-10-4-8/h4H,5H2,1-3H3. The normalized spacial score (nSPS) is 10.6. The maximum absolute atomic E-state index is 10.9. The van der Waals surface area contributed by atoms with Crippen LogP contribution >= 0.6 is 0 Å². The second-order valence-corrected chi connectivity index (χ2v) is 3.12. The van der Waals surface area contributed by atoms with Crippen LogP contribution in [0.5, 0.6) is 0 Å². The molecule has 0 fully saturated rings. The van der Waals surface area contributed by atoms with Crippen LogP contribution in [-0.2, 0) is 24.1 Å². The van der Waals surface area contributed by atoms with Gasteiger partial charge in [-0.15, -0.1) is 4.89 Å². The van der Waals surface area contributed by atoms with Gasteiger partial charge in [0.05, 0.1) is 5.41 Å². The summed E-state index contributed by atoms with van der Waals surface area (Å²) in [6, 6.07) is 0. The van der Waals surface area contributed by atoms with Gasteiger partial charge in [0.25, 0.3) is 6.47 Å². The van der Waals surface area contributed by atoms with Gasteiger partial charge in [-0.3, -0.25) is 9.68 Å². The van der Waals surface area contributed by atoms with E-state index >= 15 is 0 Å². The summed E-state index contributed by atoms with van der Waals surface area (Å²) in [6.45, 7) is 4.86. The third-order valence-electron chi connectivity index (χ3n) is 0.931. The minimum atomic E-state index is -0.624. The highest BCUT2D eigenvalue weighted by Gasteiger charge is 2.24. The van der Waals surface area contributed by atoms with E-state index in [0.717, 1.165) is 0 Å². The van der Waals surface area contributed by atoms with Crippen molar-refractivity contribution in [2.75, 3.05) is 6.79 Å². The van der Waals surface area contributed by atoms with E-state index in [9.17, 15) is 9.59 Å². The summed E-state index contributed by atoms with van der Waals surface area (Å²) in [5, 5.41) is 0. The maximum Gasteiger partial charge on any atom is 0.347 e. The molecule has 0 saturated carbocycles. The molecule has 70 valence electrons. The zero-order valence-corrected chi connectivity index (χ0v) is 7.33. The van der Waals surface area contributed by atoms with Gasteiger partial charge in [0.2, 0.25) is 6.79 Å². The number of carbonyl (C=O) groups is 2. The molecule has 5 nitrogen and oxygen atoms in total. The molecule has 0 aromatic heterocycles. The van der Waals surface area contributed by atoms with Gasteiger partial charge in [-0.1, -0.05) is 0 Å². The third kappa shape index (κ3) is 4.68. The van der Waals surface area contributed by atoms with E-state index < -0.39 is 11.4 Å². The van der Waals surface area contributed by atoms with Crippen LogP contribution in [0.1, 0.15) is 20.8 Å². The van der Waals surface area contributed by atoms with E-state index in [0.29, 0.717) is 0 Å². The Morgan fingerprint density at radius 1 is 1.42 bits per heavy atom. The van der Waals surface area contributed by atoms with Crippen LogP contribution in [-0.4, -0.2) is 19.2 Å². The highest BCUT2D eigenvalue weighted by Crippen LogP contribution is 2.14. The summed E-state index contributed by atoms with van der Waals surface area (Å²) >= 11 is 0. The molecule has 0 aromatic rings.